The van der Waals surface area contributed by atoms with E-state index in [1.807, 2.05) is 0 Å². The van der Waals surface area contributed by atoms with Crippen LogP contribution in [0.5, 0.6) is 11.5 Å². The molecule has 0 aliphatic carbocycles. The number of nitrogens with two attached hydrogens (primary N) is 1. The molecule has 2 rings (SSSR count). The number of alkyl carbamates (subject to hydrolysis) is 1. The fourth-order valence-corrected chi connectivity index (χ4v) is 3.88. The molecule has 2 aromatic rings. The molecule has 2 aromatic carbocycles. The molecule has 2 atom stereocenters. The maximum atomic E-state index is 13.9. The molecule has 11 heteroatoms. The maximum absolute atomic E-state index is 13.9. The molecule has 212 valence electrons. The van der Waals surface area contributed by atoms with Gasteiger partial charge >= 0.3 is 6.09 Å². The lowest BCUT2D eigenvalue weighted by Gasteiger charge is -2.37. The second kappa shape index (κ2) is 13.0. The second-order valence-corrected chi connectivity index (χ2v) is 10.4. The van der Waals surface area contributed by atoms with E-state index < -0.39 is 54.0 Å². The molecular weight excluding hydrogens is 504 g/mol. The number of phenolic OH excluding ortho intramolecular Hbond substituents is 1. The van der Waals surface area contributed by atoms with Gasteiger partial charge in [0.2, 0.25) is 11.8 Å². The van der Waals surface area contributed by atoms with Crippen molar-refractivity contribution < 1.29 is 33.8 Å². The molecule has 0 aliphatic heterocycles. The molecule has 0 aliphatic rings. The molecule has 0 fully saturated rings. The number of methoxy groups -OCH3 is 1. The van der Waals surface area contributed by atoms with Crippen LogP contribution in [0.3, 0.4) is 0 Å². The van der Waals surface area contributed by atoms with Gasteiger partial charge < -0.3 is 35.8 Å². The summed E-state index contributed by atoms with van der Waals surface area (Å²) >= 11 is 0. The third kappa shape index (κ3) is 8.91. The minimum absolute atomic E-state index is 0.0219. The third-order valence-corrected chi connectivity index (χ3v) is 5.63. The van der Waals surface area contributed by atoms with Crippen LogP contribution < -0.4 is 21.1 Å². The molecule has 4 amide bonds. The van der Waals surface area contributed by atoms with Crippen molar-refractivity contribution in [3.8, 4) is 11.5 Å². The Kier molecular flexibility index (Phi) is 10.3. The van der Waals surface area contributed by atoms with Crippen molar-refractivity contribution in [2.45, 2.75) is 71.7 Å². The number of anilines is 1. The summed E-state index contributed by atoms with van der Waals surface area (Å²) in [5.74, 6) is -1.47. The van der Waals surface area contributed by atoms with Crippen LogP contribution in [-0.2, 0) is 19.1 Å². The molecule has 0 radical (unpaired) electrons. The summed E-state index contributed by atoms with van der Waals surface area (Å²) in [6.45, 7) is 10.0. The highest BCUT2D eigenvalue weighted by atomic mass is 16.6. The van der Waals surface area contributed by atoms with E-state index in [4.69, 9.17) is 15.2 Å². The molecule has 0 heterocycles. The van der Waals surface area contributed by atoms with Gasteiger partial charge in [-0.25, -0.2) is 4.79 Å². The van der Waals surface area contributed by atoms with Gasteiger partial charge in [-0.15, -0.1) is 0 Å². The van der Waals surface area contributed by atoms with E-state index in [2.05, 4.69) is 10.6 Å². The average Bonchev–Trinajstić information content (AvgIpc) is 2.82. The molecule has 0 saturated carbocycles. The number of carbonyl (C=O) groups excluding carboxylic acids is 4. The smallest absolute Gasteiger partial charge is 0.408 e. The lowest BCUT2D eigenvalue weighted by molar-refractivity contribution is -0.143. The maximum Gasteiger partial charge on any atom is 0.408 e. The van der Waals surface area contributed by atoms with Gasteiger partial charge in [-0.1, -0.05) is 6.07 Å². The quantitative estimate of drug-likeness (QED) is 0.358. The van der Waals surface area contributed by atoms with E-state index in [1.54, 1.807) is 71.9 Å². The van der Waals surface area contributed by atoms with Crippen LogP contribution in [-0.4, -0.2) is 58.6 Å². The Balaban J connectivity index is 2.54. The molecule has 39 heavy (non-hydrogen) atoms. The van der Waals surface area contributed by atoms with Crippen molar-refractivity contribution in [1.82, 2.24) is 10.2 Å². The summed E-state index contributed by atoms with van der Waals surface area (Å²) in [6, 6.07) is 8.06. The molecule has 0 saturated heterocycles. The number of carbonyl (C=O) groups is 4. The minimum atomic E-state index is -1.39. The summed E-state index contributed by atoms with van der Waals surface area (Å²) in [4.78, 5) is 53.4. The van der Waals surface area contributed by atoms with Gasteiger partial charge in [-0.05, 0) is 89.1 Å². The predicted molar refractivity (Wildman–Crippen MR) is 146 cm³/mol. The number of hydrogen-bond acceptors (Lipinski definition) is 7. The topological polar surface area (TPSA) is 160 Å². The summed E-state index contributed by atoms with van der Waals surface area (Å²) in [5.41, 5.74) is 5.91. The van der Waals surface area contributed by atoms with Crippen molar-refractivity contribution in [2.75, 3.05) is 12.4 Å². The lowest BCUT2D eigenvalue weighted by atomic mass is 9.98. The summed E-state index contributed by atoms with van der Waals surface area (Å²) in [6.07, 6.45) is -1.42. The number of rotatable bonds is 10. The highest BCUT2D eigenvalue weighted by molar-refractivity contribution is 6.00. The lowest BCUT2D eigenvalue weighted by Crippen LogP contribution is -2.55. The Hall–Kier alpha value is -4.28. The number of aromatic hydroxyl groups is 1. The number of benzene rings is 2. The summed E-state index contributed by atoms with van der Waals surface area (Å²) < 4.78 is 10.4. The molecule has 2 unspecified atom stereocenters. The third-order valence-electron chi connectivity index (χ3n) is 5.63. The molecule has 11 nitrogen and oxygen atoms in total. The van der Waals surface area contributed by atoms with Crippen LogP contribution in [0.4, 0.5) is 10.5 Å². The Morgan fingerprint density at radius 3 is 2.15 bits per heavy atom. The van der Waals surface area contributed by atoms with Crippen LogP contribution in [0.15, 0.2) is 42.5 Å². The number of nitrogens with one attached hydrogen (secondary N) is 2. The van der Waals surface area contributed by atoms with Gasteiger partial charge in [0, 0.05) is 11.7 Å². The Bertz CT molecular complexity index is 1190. The van der Waals surface area contributed by atoms with Gasteiger partial charge in [0.1, 0.15) is 29.2 Å². The largest absolute Gasteiger partial charge is 0.508 e. The Morgan fingerprint density at radius 1 is 1.05 bits per heavy atom. The van der Waals surface area contributed by atoms with E-state index in [0.29, 0.717) is 22.6 Å². The molecule has 0 spiro atoms. The van der Waals surface area contributed by atoms with Crippen molar-refractivity contribution in [3.63, 3.8) is 0 Å². The van der Waals surface area contributed by atoms with Crippen molar-refractivity contribution >= 4 is 29.5 Å². The number of nitrogens with zero attached hydrogens (tertiary/aromatic N) is 1. The predicted octanol–water partition coefficient (Wildman–Crippen LogP) is 3.39. The number of hydrogen-bond donors (Lipinski definition) is 4. The summed E-state index contributed by atoms with van der Waals surface area (Å²) in [5, 5.41) is 15.3. The van der Waals surface area contributed by atoms with Crippen molar-refractivity contribution in [3.05, 3.63) is 53.6 Å². The average molecular weight is 543 g/mol. The number of ether oxygens (including phenoxy) is 2. The van der Waals surface area contributed by atoms with Gasteiger partial charge in [-0.3, -0.25) is 14.4 Å². The van der Waals surface area contributed by atoms with E-state index in [0.717, 1.165) is 0 Å². The zero-order valence-corrected chi connectivity index (χ0v) is 23.4. The first kappa shape index (κ1) is 30.9. The van der Waals surface area contributed by atoms with Crippen LogP contribution in [0.2, 0.25) is 0 Å². The monoisotopic (exact) mass is 542 g/mol. The van der Waals surface area contributed by atoms with Crippen LogP contribution in [0.25, 0.3) is 0 Å². The molecule has 5 N–H and O–H groups in total. The van der Waals surface area contributed by atoms with Crippen molar-refractivity contribution in [1.29, 1.82) is 0 Å². The van der Waals surface area contributed by atoms with Gasteiger partial charge in [0.25, 0.3) is 5.91 Å². The highest BCUT2D eigenvalue weighted by Gasteiger charge is 2.38. The van der Waals surface area contributed by atoms with Gasteiger partial charge in [-0.2, -0.15) is 0 Å². The molecule has 0 aromatic heterocycles. The van der Waals surface area contributed by atoms with E-state index in [-0.39, 0.29) is 5.75 Å². The second-order valence-electron chi connectivity index (χ2n) is 10.4. The Morgan fingerprint density at radius 2 is 1.67 bits per heavy atom. The fourth-order valence-electron chi connectivity index (χ4n) is 3.88. The van der Waals surface area contributed by atoms with Crippen LogP contribution in [0, 0.1) is 6.92 Å². The molecular formula is C28H38N4O7. The highest BCUT2D eigenvalue weighted by Crippen LogP contribution is 2.30. The minimum Gasteiger partial charge on any atom is -0.508 e. The zero-order chi connectivity index (χ0) is 29.5. The number of phenols is 1. The standard InChI is InChI=1S/C28H38N4O7/c1-16(2)32(26(36)21(15-23(29)34)31-27(37)39-28(4,5)6)24(18-8-13-22(33)17(3)14-18)25(35)30-19-9-11-20(38-7)12-10-19/h8-14,16,21,24,33H,15H2,1-7H3,(H2,29,34)(H,30,35)(H,31,37). The number of primary amides is 1. The van der Waals surface area contributed by atoms with Crippen molar-refractivity contribution in [2.24, 2.45) is 5.73 Å². The van der Waals surface area contributed by atoms with Crippen LogP contribution >= 0.6 is 0 Å². The number of aryl methyl sites for hydroxylation is 1. The van der Waals surface area contributed by atoms with E-state index >= 15 is 0 Å². The number of amides is 4. The van der Waals surface area contributed by atoms with Gasteiger partial charge in [0.05, 0.1) is 13.5 Å². The zero-order valence-electron chi connectivity index (χ0n) is 23.4. The van der Waals surface area contributed by atoms with Crippen LogP contribution in [0.1, 0.15) is 58.2 Å². The Labute approximate surface area is 228 Å². The first-order chi connectivity index (χ1) is 18.1. The summed E-state index contributed by atoms with van der Waals surface area (Å²) in [7, 11) is 1.52. The fraction of sp³-hybridized carbons (Fsp3) is 0.429. The molecule has 0 bridgehead atoms. The van der Waals surface area contributed by atoms with E-state index in [1.165, 1.54) is 24.1 Å². The SMILES string of the molecule is COc1ccc(NC(=O)C(c2ccc(O)c(C)c2)N(C(=O)C(CC(N)=O)NC(=O)OC(C)(C)C)C(C)C)cc1. The van der Waals surface area contributed by atoms with E-state index in [9.17, 15) is 24.3 Å². The van der Waals surface area contributed by atoms with Gasteiger partial charge in [0.15, 0.2) is 0 Å². The normalized spacial score (nSPS) is 12.7. The first-order valence-corrected chi connectivity index (χ1v) is 12.5. The first-order valence-electron chi connectivity index (χ1n) is 12.5.